The van der Waals surface area contributed by atoms with E-state index >= 15 is 0 Å². The number of ether oxygens (including phenoxy) is 1. The fourth-order valence-corrected chi connectivity index (χ4v) is 3.83. The second kappa shape index (κ2) is 6.83. The van der Waals surface area contributed by atoms with Crippen LogP contribution in [-0.4, -0.2) is 34.7 Å². The summed E-state index contributed by atoms with van der Waals surface area (Å²) < 4.78 is 33.1. The highest BCUT2D eigenvalue weighted by molar-refractivity contribution is 7.92. The van der Waals surface area contributed by atoms with Crippen molar-refractivity contribution in [3.05, 3.63) is 53.6 Å². The van der Waals surface area contributed by atoms with Crippen molar-refractivity contribution in [1.82, 2.24) is 0 Å². The molecule has 0 radical (unpaired) electrons. The number of hydrogen-bond acceptors (Lipinski definition) is 4. The van der Waals surface area contributed by atoms with Crippen LogP contribution < -0.4 is 9.62 Å². The van der Waals surface area contributed by atoms with Crippen LogP contribution in [0.2, 0.25) is 0 Å². The Balaban J connectivity index is 1.81. The van der Waals surface area contributed by atoms with Gasteiger partial charge in [0.15, 0.2) is 0 Å². The molecule has 0 bridgehead atoms. The average Bonchev–Trinajstić information content (AvgIpc) is 2.58. The third kappa shape index (κ3) is 3.71. The van der Waals surface area contributed by atoms with Crippen molar-refractivity contribution in [3.63, 3.8) is 0 Å². The molecule has 1 aliphatic heterocycles. The largest absolute Gasteiger partial charge is 0.378 e. The van der Waals surface area contributed by atoms with E-state index in [-0.39, 0.29) is 4.90 Å². The van der Waals surface area contributed by atoms with Crippen LogP contribution in [0.3, 0.4) is 0 Å². The lowest BCUT2D eigenvalue weighted by molar-refractivity contribution is 0.122. The van der Waals surface area contributed by atoms with Gasteiger partial charge in [-0.2, -0.15) is 0 Å². The van der Waals surface area contributed by atoms with Gasteiger partial charge in [-0.15, -0.1) is 0 Å². The normalized spacial score (nSPS) is 15.3. The smallest absolute Gasteiger partial charge is 0.261 e. The molecule has 3 rings (SSSR count). The molecule has 1 saturated heterocycles. The Morgan fingerprint density at radius 2 is 1.67 bits per heavy atom. The van der Waals surface area contributed by atoms with Gasteiger partial charge in [0, 0.05) is 18.8 Å². The lowest BCUT2D eigenvalue weighted by Crippen LogP contribution is -2.36. The second-order valence-electron chi connectivity index (χ2n) is 6.02. The number of sulfonamides is 1. The van der Waals surface area contributed by atoms with E-state index in [1.165, 1.54) is 0 Å². The molecule has 0 aliphatic carbocycles. The molecular weight excluding hydrogens is 324 g/mol. The monoisotopic (exact) mass is 346 g/mol. The summed E-state index contributed by atoms with van der Waals surface area (Å²) in [5, 5.41) is 0. The maximum atomic E-state index is 12.5. The zero-order chi connectivity index (χ0) is 17.2. The van der Waals surface area contributed by atoms with E-state index in [1.807, 2.05) is 32.0 Å². The summed E-state index contributed by atoms with van der Waals surface area (Å²) in [6.07, 6.45) is 0. The van der Waals surface area contributed by atoms with Crippen LogP contribution >= 0.6 is 0 Å². The van der Waals surface area contributed by atoms with Crippen LogP contribution in [0.5, 0.6) is 0 Å². The van der Waals surface area contributed by atoms with Crippen molar-refractivity contribution in [2.75, 3.05) is 35.9 Å². The number of benzene rings is 2. The van der Waals surface area contributed by atoms with Gasteiger partial charge in [0.2, 0.25) is 0 Å². The Morgan fingerprint density at radius 3 is 2.29 bits per heavy atom. The van der Waals surface area contributed by atoms with Crippen molar-refractivity contribution < 1.29 is 13.2 Å². The number of rotatable bonds is 4. The van der Waals surface area contributed by atoms with E-state index in [0.717, 1.165) is 43.1 Å². The van der Waals surface area contributed by atoms with E-state index in [0.29, 0.717) is 5.69 Å². The zero-order valence-electron chi connectivity index (χ0n) is 14.0. The fraction of sp³-hybridized carbons (Fsp3) is 0.333. The summed E-state index contributed by atoms with van der Waals surface area (Å²) in [7, 11) is -3.57. The summed E-state index contributed by atoms with van der Waals surface area (Å²) in [6.45, 7) is 7.00. The molecule has 0 spiro atoms. The summed E-state index contributed by atoms with van der Waals surface area (Å²) in [5.41, 5.74) is 3.62. The minimum Gasteiger partial charge on any atom is -0.378 e. The van der Waals surface area contributed by atoms with Gasteiger partial charge in [0.25, 0.3) is 10.0 Å². The van der Waals surface area contributed by atoms with Crippen molar-refractivity contribution in [1.29, 1.82) is 0 Å². The van der Waals surface area contributed by atoms with Crippen molar-refractivity contribution in [3.8, 4) is 0 Å². The van der Waals surface area contributed by atoms with Crippen molar-refractivity contribution >= 4 is 21.4 Å². The SMILES string of the molecule is Cc1ccc(S(=O)(=O)Nc2ccc(N3CCOCC3)cc2C)cc1. The summed E-state index contributed by atoms with van der Waals surface area (Å²) in [5.74, 6) is 0. The molecule has 1 heterocycles. The first-order valence-corrected chi connectivity index (χ1v) is 9.47. The molecular formula is C18H22N2O3S. The molecule has 0 amide bonds. The Labute approximate surface area is 143 Å². The first kappa shape index (κ1) is 16.8. The summed E-state index contributed by atoms with van der Waals surface area (Å²) in [4.78, 5) is 2.51. The lowest BCUT2D eigenvalue weighted by Gasteiger charge is -2.29. The third-order valence-electron chi connectivity index (χ3n) is 4.16. The third-order valence-corrected chi connectivity index (χ3v) is 5.54. The molecule has 1 N–H and O–H groups in total. The fourth-order valence-electron chi connectivity index (χ4n) is 2.70. The zero-order valence-corrected chi connectivity index (χ0v) is 14.8. The molecule has 2 aromatic rings. The second-order valence-corrected chi connectivity index (χ2v) is 7.70. The highest BCUT2D eigenvalue weighted by atomic mass is 32.2. The minimum absolute atomic E-state index is 0.268. The van der Waals surface area contributed by atoms with E-state index in [4.69, 9.17) is 4.74 Å². The topological polar surface area (TPSA) is 58.6 Å². The summed E-state index contributed by atoms with van der Waals surface area (Å²) in [6, 6.07) is 12.6. The number of morpholine rings is 1. The molecule has 0 unspecified atom stereocenters. The summed E-state index contributed by atoms with van der Waals surface area (Å²) >= 11 is 0. The van der Waals surface area contributed by atoms with Gasteiger partial charge in [-0.1, -0.05) is 17.7 Å². The van der Waals surface area contributed by atoms with Gasteiger partial charge >= 0.3 is 0 Å². The van der Waals surface area contributed by atoms with Gasteiger partial charge in [0.1, 0.15) is 0 Å². The Kier molecular flexibility index (Phi) is 4.78. The van der Waals surface area contributed by atoms with E-state index in [9.17, 15) is 8.42 Å². The van der Waals surface area contributed by atoms with Crippen molar-refractivity contribution in [2.24, 2.45) is 0 Å². The first-order chi connectivity index (χ1) is 11.5. The van der Waals surface area contributed by atoms with Gasteiger partial charge in [-0.05, 0) is 49.7 Å². The Hall–Kier alpha value is -2.05. The van der Waals surface area contributed by atoms with Crippen LogP contribution in [0.25, 0.3) is 0 Å². The number of aryl methyl sites for hydroxylation is 2. The van der Waals surface area contributed by atoms with Crippen LogP contribution in [0.15, 0.2) is 47.4 Å². The quantitative estimate of drug-likeness (QED) is 0.925. The van der Waals surface area contributed by atoms with Crippen LogP contribution in [0.1, 0.15) is 11.1 Å². The molecule has 0 aromatic heterocycles. The average molecular weight is 346 g/mol. The van der Waals surface area contributed by atoms with Gasteiger partial charge < -0.3 is 9.64 Å². The predicted octanol–water partition coefficient (Wildman–Crippen LogP) is 2.94. The molecule has 6 heteroatoms. The first-order valence-electron chi connectivity index (χ1n) is 7.98. The highest BCUT2D eigenvalue weighted by Crippen LogP contribution is 2.25. The Bertz CT molecular complexity index is 811. The molecule has 0 saturated carbocycles. The molecule has 1 aliphatic rings. The van der Waals surface area contributed by atoms with E-state index in [2.05, 4.69) is 9.62 Å². The van der Waals surface area contributed by atoms with E-state index in [1.54, 1.807) is 24.3 Å². The van der Waals surface area contributed by atoms with Gasteiger partial charge in [0.05, 0.1) is 23.8 Å². The Morgan fingerprint density at radius 1 is 1.00 bits per heavy atom. The molecule has 24 heavy (non-hydrogen) atoms. The number of hydrogen-bond donors (Lipinski definition) is 1. The number of anilines is 2. The van der Waals surface area contributed by atoms with Crippen LogP contribution in [-0.2, 0) is 14.8 Å². The van der Waals surface area contributed by atoms with Crippen molar-refractivity contribution in [2.45, 2.75) is 18.7 Å². The maximum Gasteiger partial charge on any atom is 0.261 e. The predicted molar refractivity (Wildman–Crippen MR) is 96.2 cm³/mol. The standard InChI is InChI=1S/C18H22N2O3S/c1-14-3-6-17(7-4-14)24(21,22)19-18-8-5-16(13-15(18)2)20-9-11-23-12-10-20/h3-8,13,19H,9-12H2,1-2H3. The molecule has 5 nitrogen and oxygen atoms in total. The highest BCUT2D eigenvalue weighted by Gasteiger charge is 2.16. The lowest BCUT2D eigenvalue weighted by atomic mass is 10.1. The van der Waals surface area contributed by atoms with E-state index < -0.39 is 10.0 Å². The van der Waals surface area contributed by atoms with Crippen LogP contribution in [0, 0.1) is 13.8 Å². The number of nitrogens with one attached hydrogen (secondary N) is 1. The minimum atomic E-state index is -3.57. The molecule has 128 valence electrons. The number of nitrogens with zero attached hydrogens (tertiary/aromatic N) is 1. The van der Waals surface area contributed by atoms with Gasteiger partial charge in [-0.25, -0.2) is 8.42 Å². The maximum absolute atomic E-state index is 12.5. The van der Waals surface area contributed by atoms with Crippen LogP contribution in [0.4, 0.5) is 11.4 Å². The molecule has 1 fully saturated rings. The molecule has 0 atom stereocenters. The van der Waals surface area contributed by atoms with Gasteiger partial charge in [-0.3, -0.25) is 4.72 Å². The molecule has 2 aromatic carbocycles.